The number of ether oxygens (including phenoxy) is 1. The molecule has 0 unspecified atom stereocenters. The van der Waals surface area contributed by atoms with Gasteiger partial charge in [-0.25, -0.2) is 12.9 Å². The standard InChI is InChI=1S/C26H25N7O4S/c1-3-25(34)30-21-4-6-23(7-5-21)38(35,36)31-10-8-22(9-11-31)32-17-20(15-28-32)18-12-24(37-2)26-19(13-27)14-29-33(26)16-18/h3-7,12,14-17,22H,1,8-11H2,2H3,(H,30,34). The van der Waals surface area contributed by atoms with E-state index >= 15 is 0 Å². The largest absolute Gasteiger partial charge is 0.494 e. The van der Waals surface area contributed by atoms with Crippen molar-refractivity contribution >= 4 is 27.1 Å². The van der Waals surface area contributed by atoms with E-state index < -0.39 is 10.0 Å². The molecular formula is C26H25N7O4S. The molecule has 3 aromatic heterocycles. The summed E-state index contributed by atoms with van der Waals surface area (Å²) in [6.07, 6.45) is 9.39. The molecule has 0 spiro atoms. The Morgan fingerprint density at radius 1 is 1.16 bits per heavy atom. The zero-order valence-electron chi connectivity index (χ0n) is 20.6. The normalized spacial score (nSPS) is 14.7. The van der Waals surface area contributed by atoms with E-state index in [0.29, 0.717) is 48.4 Å². The van der Waals surface area contributed by atoms with E-state index in [2.05, 4.69) is 28.2 Å². The molecule has 38 heavy (non-hydrogen) atoms. The fourth-order valence-corrected chi connectivity index (χ4v) is 6.04. The lowest BCUT2D eigenvalue weighted by atomic mass is 10.1. The number of amides is 1. The predicted molar refractivity (Wildman–Crippen MR) is 140 cm³/mol. The number of hydrogen-bond acceptors (Lipinski definition) is 7. The van der Waals surface area contributed by atoms with E-state index in [9.17, 15) is 18.5 Å². The van der Waals surface area contributed by atoms with Crippen LogP contribution in [0.15, 0.2) is 72.7 Å². The number of carbonyl (C=O) groups is 1. The molecule has 12 heteroatoms. The Morgan fingerprint density at radius 3 is 2.55 bits per heavy atom. The van der Waals surface area contributed by atoms with Crippen LogP contribution in [0.2, 0.25) is 0 Å². The van der Waals surface area contributed by atoms with Gasteiger partial charge in [0.2, 0.25) is 15.9 Å². The number of nitrogens with one attached hydrogen (secondary N) is 1. The van der Waals surface area contributed by atoms with Crippen molar-refractivity contribution in [2.45, 2.75) is 23.8 Å². The second-order valence-electron chi connectivity index (χ2n) is 8.82. The number of fused-ring (bicyclic) bond motifs is 1. The number of piperidine rings is 1. The van der Waals surface area contributed by atoms with Crippen LogP contribution >= 0.6 is 0 Å². The molecule has 0 aliphatic carbocycles. The van der Waals surface area contributed by atoms with Crippen molar-refractivity contribution in [2.24, 2.45) is 0 Å². The summed E-state index contributed by atoms with van der Waals surface area (Å²) in [7, 11) is -2.11. The molecule has 4 aromatic rings. The third kappa shape index (κ3) is 4.65. The highest BCUT2D eigenvalue weighted by Crippen LogP contribution is 2.32. The SMILES string of the molecule is C=CC(=O)Nc1ccc(S(=O)(=O)N2CCC(n3cc(-c4cc(OC)c5c(C#N)cnn5c4)cn3)CC2)cc1. The first kappa shape index (κ1) is 25.2. The molecular weight excluding hydrogens is 506 g/mol. The summed E-state index contributed by atoms with van der Waals surface area (Å²) in [5, 5.41) is 20.7. The van der Waals surface area contributed by atoms with Gasteiger partial charge >= 0.3 is 0 Å². The molecule has 0 saturated carbocycles. The van der Waals surface area contributed by atoms with Crippen LogP contribution in [0.25, 0.3) is 16.6 Å². The molecule has 0 atom stereocenters. The number of carbonyl (C=O) groups excluding carboxylic acids is 1. The molecule has 11 nitrogen and oxygen atoms in total. The van der Waals surface area contributed by atoms with Gasteiger partial charge < -0.3 is 10.1 Å². The van der Waals surface area contributed by atoms with Crippen molar-refractivity contribution in [3.05, 3.63) is 73.3 Å². The fourth-order valence-electron chi connectivity index (χ4n) is 4.57. The van der Waals surface area contributed by atoms with Crippen LogP contribution in [0.3, 0.4) is 0 Å². The second kappa shape index (κ2) is 10.1. The Morgan fingerprint density at radius 2 is 1.89 bits per heavy atom. The second-order valence-corrected chi connectivity index (χ2v) is 10.8. The Balaban J connectivity index is 1.28. The maximum Gasteiger partial charge on any atom is 0.247 e. The molecule has 1 fully saturated rings. The summed E-state index contributed by atoms with van der Waals surface area (Å²) in [6, 6.07) is 10.1. The molecule has 1 amide bonds. The van der Waals surface area contributed by atoms with Gasteiger partial charge in [0.15, 0.2) is 0 Å². The van der Waals surface area contributed by atoms with Crippen LogP contribution in [-0.2, 0) is 14.8 Å². The number of sulfonamides is 1. The predicted octanol–water partition coefficient (Wildman–Crippen LogP) is 3.23. The molecule has 1 aliphatic heterocycles. The maximum atomic E-state index is 13.2. The molecule has 1 aliphatic rings. The Kier molecular flexibility index (Phi) is 6.71. The van der Waals surface area contributed by atoms with Gasteiger partial charge in [-0.15, -0.1) is 0 Å². The quantitative estimate of drug-likeness (QED) is 0.362. The first-order chi connectivity index (χ1) is 18.3. The number of aromatic nitrogens is 4. The highest BCUT2D eigenvalue weighted by atomic mass is 32.2. The zero-order valence-corrected chi connectivity index (χ0v) is 21.4. The van der Waals surface area contributed by atoms with Gasteiger partial charge in [0.1, 0.15) is 22.9 Å². The highest BCUT2D eigenvalue weighted by molar-refractivity contribution is 7.89. The Hall–Kier alpha value is -4.47. The first-order valence-electron chi connectivity index (χ1n) is 11.9. The molecule has 1 saturated heterocycles. The van der Waals surface area contributed by atoms with Gasteiger partial charge in [0.05, 0.1) is 30.4 Å². The third-order valence-corrected chi connectivity index (χ3v) is 8.51. The molecule has 5 rings (SSSR count). The third-order valence-electron chi connectivity index (χ3n) is 6.59. The van der Waals surface area contributed by atoms with Crippen LogP contribution in [0.4, 0.5) is 5.69 Å². The number of nitriles is 1. The highest BCUT2D eigenvalue weighted by Gasteiger charge is 2.30. The summed E-state index contributed by atoms with van der Waals surface area (Å²) >= 11 is 0. The number of benzene rings is 1. The summed E-state index contributed by atoms with van der Waals surface area (Å²) < 4.78 is 36.8. The van der Waals surface area contributed by atoms with Crippen molar-refractivity contribution in [3.63, 3.8) is 0 Å². The summed E-state index contributed by atoms with van der Waals surface area (Å²) in [4.78, 5) is 11.6. The van der Waals surface area contributed by atoms with Crippen molar-refractivity contribution in [1.29, 1.82) is 5.26 Å². The van der Waals surface area contributed by atoms with E-state index in [-0.39, 0.29) is 16.8 Å². The van der Waals surface area contributed by atoms with Crippen LogP contribution in [0.1, 0.15) is 24.4 Å². The Labute approximate surface area is 219 Å². The lowest BCUT2D eigenvalue weighted by Gasteiger charge is -2.31. The molecule has 0 radical (unpaired) electrons. The van der Waals surface area contributed by atoms with Crippen molar-refractivity contribution in [2.75, 3.05) is 25.5 Å². The molecule has 0 bridgehead atoms. The van der Waals surface area contributed by atoms with Gasteiger partial charge in [-0.3, -0.25) is 9.48 Å². The molecule has 4 heterocycles. The molecule has 1 N–H and O–H groups in total. The lowest BCUT2D eigenvalue weighted by molar-refractivity contribution is -0.111. The van der Waals surface area contributed by atoms with Crippen LogP contribution in [-0.4, -0.2) is 58.2 Å². The van der Waals surface area contributed by atoms with Crippen LogP contribution in [0, 0.1) is 11.3 Å². The minimum absolute atomic E-state index is 0.0483. The minimum atomic E-state index is -3.66. The number of rotatable bonds is 7. The number of methoxy groups -OCH3 is 1. The van der Waals surface area contributed by atoms with E-state index in [0.717, 1.165) is 17.2 Å². The average molecular weight is 532 g/mol. The van der Waals surface area contributed by atoms with Crippen LogP contribution in [0.5, 0.6) is 5.75 Å². The molecule has 1 aromatic carbocycles. The summed E-state index contributed by atoms with van der Waals surface area (Å²) in [5.74, 6) is 0.178. The molecule has 194 valence electrons. The smallest absolute Gasteiger partial charge is 0.247 e. The lowest BCUT2D eigenvalue weighted by Crippen LogP contribution is -2.39. The van der Waals surface area contributed by atoms with Gasteiger partial charge in [-0.1, -0.05) is 6.58 Å². The van der Waals surface area contributed by atoms with Crippen molar-refractivity contribution in [3.8, 4) is 22.9 Å². The van der Waals surface area contributed by atoms with Crippen molar-refractivity contribution in [1.82, 2.24) is 23.7 Å². The van der Waals surface area contributed by atoms with E-state index in [1.807, 2.05) is 23.1 Å². The topological polar surface area (TPSA) is 135 Å². The van der Waals surface area contributed by atoms with Gasteiger partial charge in [-0.05, 0) is 49.2 Å². The van der Waals surface area contributed by atoms with Gasteiger partial charge in [0, 0.05) is 42.3 Å². The number of anilines is 1. The van der Waals surface area contributed by atoms with E-state index in [4.69, 9.17) is 4.74 Å². The summed E-state index contributed by atoms with van der Waals surface area (Å²) in [6.45, 7) is 4.13. The van der Waals surface area contributed by atoms with E-state index in [1.165, 1.54) is 22.6 Å². The van der Waals surface area contributed by atoms with E-state index in [1.54, 1.807) is 30.0 Å². The zero-order chi connectivity index (χ0) is 26.9. The first-order valence-corrected chi connectivity index (χ1v) is 13.3. The Bertz CT molecular complexity index is 1660. The van der Waals surface area contributed by atoms with Gasteiger partial charge in [-0.2, -0.15) is 19.8 Å². The monoisotopic (exact) mass is 531 g/mol. The van der Waals surface area contributed by atoms with Crippen LogP contribution < -0.4 is 10.1 Å². The fraction of sp³-hybridized carbons (Fsp3) is 0.231. The van der Waals surface area contributed by atoms with Crippen molar-refractivity contribution < 1.29 is 17.9 Å². The number of nitrogens with zero attached hydrogens (tertiary/aromatic N) is 6. The van der Waals surface area contributed by atoms with Gasteiger partial charge in [0.25, 0.3) is 0 Å². The number of hydrogen-bond donors (Lipinski definition) is 1. The summed E-state index contributed by atoms with van der Waals surface area (Å²) in [5.41, 5.74) is 3.23. The number of pyridine rings is 1. The average Bonchev–Trinajstić information content (AvgIpc) is 3.60. The minimum Gasteiger partial charge on any atom is -0.494 e. The maximum absolute atomic E-state index is 13.2.